The van der Waals surface area contributed by atoms with Gasteiger partial charge in [-0.2, -0.15) is 8.78 Å². The molecular formula is C14H18F2N2O2S. The number of benzene rings is 1. The number of morpholine rings is 1. The Hall–Kier alpha value is -1.18. The second kappa shape index (κ2) is 7.72. The minimum absolute atomic E-state index is 0.105. The zero-order chi connectivity index (χ0) is 15.2. The van der Waals surface area contributed by atoms with Crippen LogP contribution in [0.15, 0.2) is 29.2 Å². The van der Waals surface area contributed by atoms with Gasteiger partial charge < -0.3 is 10.1 Å². The molecule has 2 rings (SSSR count). The molecule has 0 saturated carbocycles. The number of hydrogen-bond acceptors (Lipinski definition) is 4. The third-order valence-corrected chi connectivity index (χ3v) is 4.04. The highest BCUT2D eigenvalue weighted by Gasteiger charge is 2.23. The molecule has 21 heavy (non-hydrogen) atoms. The Balaban J connectivity index is 1.89. The summed E-state index contributed by atoms with van der Waals surface area (Å²) in [6, 6.07) is 6.17. The average Bonchev–Trinajstić information content (AvgIpc) is 2.49. The number of alkyl halides is 2. The molecule has 1 heterocycles. The molecule has 1 aromatic carbocycles. The van der Waals surface area contributed by atoms with Crippen molar-refractivity contribution in [2.24, 2.45) is 0 Å². The van der Waals surface area contributed by atoms with Crippen molar-refractivity contribution in [1.29, 1.82) is 0 Å². The summed E-state index contributed by atoms with van der Waals surface area (Å²) in [5, 5.41) is 2.80. The summed E-state index contributed by atoms with van der Waals surface area (Å²) in [5.74, 6) is -2.54. The minimum atomic E-state index is -2.44. The molecular weight excluding hydrogens is 298 g/mol. The first-order valence-electron chi connectivity index (χ1n) is 6.74. The number of thioether (sulfide) groups is 1. The average molecular weight is 316 g/mol. The van der Waals surface area contributed by atoms with Crippen molar-refractivity contribution in [3.05, 3.63) is 24.3 Å². The molecule has 0 aromatic heterocycles. The second-order valence-electron chi connectivity index (χ2n) is 4.72. The maximum absolute atomic E-state index is 12.2. The van der Waals surface area contributed by atoms with Gasteiger partial charge in [-0.3, -0.25) is 9.69 Å². The highest BCUT2D eigenvalue weighted by molar-refractivity contribution is 7.99. The number of carbonyl (C=O) groups is 1. The number of nitrogens with one attached hydrogen (secondary N) is 1. The van der Waals surface area contributed by atoms with E-state index in [1.165, 1.54) is 0 Å². The quantitative estimate of drug-likeness (QED) is 0.848. The van der Waals surface area contributed by atoms with Crippen molar-refractivity contribution in [3.8, 4) is 0 Å². The molecule has 1 aromatic rings. The number of nitrogens with zero attached hydrogens (tertiary/aromatic N) is 1. The Morgan fingerprint density at radius 3 is 2.48 bits per heavy atom. The number of hydrogen-bond donors (Lipinski definition) is 1. The van der Waals surface area contributed by atoms with Crippen LogP contribution in [0.25, 0.3) is 0 Å². The molecule has 1 aliphatic rings. The fourth-order valence-electron chi connectivity index (χ4n) is 2.10. The van der Waals surface area contributed by atoms with E-state index >= 15 is 0 Å². The van der Waals surface area contributed by atoms with Crippen LogP contribution in [0, 0.1) is 0 Å². The van der Waals surface area contributed by atoms with Crippen LogP contribution in [0.4, 0.5) is 14.5 Å². The molecule has 116 valence electrons. The fourth-order valence-corrected chi connectivity index (χ4v) is 2.60. The van der Waals surface area contributed by atoms with Gasteiger partial charge in [-0.1, -0.05) is 11.8 Å². The number of rotatable bonds is 5. The highest BCUT2D eigenvalue weighted by Crippen LogP contribution is 2.26. The van der Waals surface area contributed by atoms with Crippen molar-refractivity contribution in [2.75, 3.05) is 31.6 Å². The van der Waals surface area contributed by atoms with E-state index in [0.29, 0.717) is 35.6 Å². The maximum Gasteiger partial charge on any atom is 0.288 e. The van der Waals surface area contributed by atoms with Gasteiger partial charge in [0.15, 0.2) is 0 Å². The van der Waals surface area contributed by atoms with E-state index in [0.717, 1.165) is 13.1 Å². The van der Waals surface area contributed by atoms with E-state index in [1.54, 1.807) is 24.3 Å². The van der Waals surface area contributed by atoms with Crippen LogP contribution in [0.5, 0.6) is 0 Å². The van der Waals surface area contributed by atoms with E-state index in [4.69, 9.17) is 4.74 Å². The molecule has 1 N–H and O–H groups in total. The van der Waals surface area contributed by atoms with Crippen LogP contribution >= 0.6 is 11.8 Å². The lowest BCUT2D eigenvalue weighted by Crippen LogP contribution is -2.47. The number of amides is 1. The van der Waals surface area contributed by atoms with Crippen LogP contribution in [-0.2, 0) is 9.53 Å². The molecule has 4 nitrogen and oxygen atoms in total. The first-order chi connectivity index (χ1) is 10.1. The van der Waals surface area contributed by atoms with Gasteiger partial charge >= 0.3 is 0 Å². The van der Waals surface area contributed by atoms with Crippen LogP contribution in [0.1, 0.15) is 6.92 Å². The fraction of sp³-hybridized carbons (Fsp3) is 0.500. The number of anilines is 1. The van der Waals surface area contributed by atoms with Crippen LogP contribution in [0.2, 0.25) is 0 Å². The van der Waals surface area contributed by atoms with Gasteiger partial charge in [0.2, 0.25) is 5.91 Å². The van der Waals surface area contributed by atoms with Crippen molar-refractivity contribution in [3.63, 3.8) is 0 Å². The second-order valence-corrected chi connectivity index (χ2v) is 5.78. The third kappa shape index (κ3) is 4.94. The van der Waals surface area contributed by atoms with Crippen molar-refractivity contribution in [1.82, 2.24) is 4.90 Å². The minimum Gasteiger partial charge on any atom is -0.379 e. The first-order valence-corrected chi connectivity index (χ1v) is 7.62. The highest BCUT2D eigenvalue weighted by atomic mass is 32.2. The number of carbonyl (C=O) groups excluding carboxylic acids is 1. The summed E-state index contributed by atoms with van der Waals surface area (Å²) in [4.78, 5) is 14.7. The molecule has 1 fully saturated rings. The summed E-state index contributed by atoms with van der Waals surface area (Å²) < 4.78 is 29.7. The monoisotopic (exact) mass is 316 g/mol. The lowest BCUT2D eigenvalue weighted by atomic mass is 10.2. The summed E-state index contributed by atoms with van der Waals surface area (Å²) in [6.07, 6.45) is 0. The molecule has 7 heteroatoms. The van der Waals surface area contributed by atoms with Gasteiger partial charge in [0.05, 0.1) is 19.3 Å². The SMILES string of the molecule is C[C@H](C(=O)Nc1ccc(SC(F)F)cc1)N1CCOCC1. The van der Waals surface area contributed by atoms with Crippen LogP contribution in [0.3, 0.4) is 0 Å². The summed E-state index contributed by atoms with van der Waals surface area (Å²) in [5.41, 5.74) is 0.610. The summed E-state index contributed by atoms with van der Waals surface area (Å²) in [6.45, 7) is 4.59. The standard InChI is InChI=1S/C14H18F2N2O2S/c1-10(18-6-8-20-9-7-18)13(19)17-11-2-4-12(5-3-11)21-14(15)16/h2-5,10,14H,6-9H2,1H3,(H,17,19)/t10-/m1/s1. The van der Waals surface area contributed by atoms with Crippen molar-refractivity contribution < 1.29 is 18.3 Å². The zero-order valence-corrected chi connectivity index (χ0v) is 12.5. The lowest BCUT2D eigenvalue weighted by Gasteiger charge is -2.31. The maximum atomic E-state index is 12.2. The Morgan fingerprint density at radius 1 is 1.29 bits per heavy atom. The van der Waals surface area contributed by atoms with E-state index in [9.17, 15) is 13.6 Å². The topological polar surface area (TPSA) is 41.6 Å². The van der Waals surface area contributed by atoms with Gasteiger partial charge in [-0.25, -0.2) is 0 Å². The van der Waals surface area contributed by atoms with E-state index < -0.39 is 5.76 Å². The van der Waals surface area contributed by atoms with Crippen LogP contribution in [-0.4, -0.2) is 48.9 Å². The molecule has 1 atom stereocenters. The first kappa shape index (κ1) is 16.2. The smallest absolute Gasteiger partial charge is 0.288 e. The number of halogens is 2. The van der Waals surface area contributed by atoms with Gasteiger partial charge in [0.1, 0.15) is 0 Å². The Bertz CT molecular complexity index is 465. The third-order valence-electron chi connectivity index (χ3n) is 3.32. The Labute approximate surface area is 126 Å². The molecule has 0 unspecified atom stereocenters. The van der Waals surface area contributed by atoms with Gasteiger partial charge in [-0.15, -0.1) is 0 Å². The predicted octanol–water partition coefficient (Wildman–Crippen LogP) is 2.66. The molecule has 0 aliphatic carbocycles. The molecule has 0 bridgehead atoms. The molecule has 1 saturated heterocycles. The molecule has 0 spiro atoms. The molecule has 1 amide bonds. The van der Waals surface area contributed by atoms with Crippen molar-refractivity contribution >= 4 is 23.4 Å². The largest absolute Gasteiger partial charge is 0.379 e. The van der Waals surface area contributed by atoms with Crippen molar-refractivity contribution in [2.45, 2.75) is 23.6 Å². The Kier molecular flexibility index (Phi) is 5.96. The van der Waals surface area contributed by atoms with E-state index in [-0.39, 0.29) is 11.9 Å². The normalized spacial score (nSPS) is 17.7. The predicted molar refractivity (Wildman–Crippen MR) is 78.8 cm³/mol. The van der Waals surface area contributed by atoms with Gasteiger partial charge in [0, 0.05) is 23.7 Å². The number of ether oxygens (including phenoxy) is 1. The lowest BCUT2D eigenvalue weighted by molar-refractivity contribution is -0.122. The molecule has 0 radical (unpaired) electrons. The summed E-state index contributed by atoms with van der Waals surface area (Å²) in [7, 11) is 0. The van der Waals surface area contributed by atoms with E-state index in [1.807, 2.05) is 6.92 Å². The summed E-state index contributed by atoms with van der Waals surface area (Å²) >= 11 is 0.487. The van der Waals surface area contributed by atoms with Gasteiger partial charge in [0.25, 0.3) is 5.76 Å². The van der Waals surface area contributed by atoms with Gasteiger partial charge in [-0.05, 0) is 31.2 Å². The molecule has 1 aliphatic heterocycles. The zero-order valence-electron chi connectivity index (χ0n) is 11.7. The van der Waals surface area contributed by atoms with Crippen LogP contribution < -0.4 is 5.32 Å². The van der Waals surface area contributed by atoms with E-state index in [2.05, 4.69) is 10.2 Å². The Morgan fingerprint density at radius 2 is 1.90 bits per heavy atom.